The lowest BCUT2D eigenvalue weighted by atomic mass is 10.1. The molecule has 0 aliphatic carbocycles. The molecule has 0 aromatic rings. The van der Waals surface area contributed by atoms with Gasteiger partial charge in [0.15, 0.2) is 17.4 Å². The number of carbonyl (C=O) groups is 2. The van der Waals surface area contributed by atoms with Crippen LogP contribution in [0.2, 0.25) is 0 Å². The number of fused-ring (bicyclic) bond motifs is 1. The van der Waals surface area contributed by atoms with E-state index in [0.29, 0.717) is 12.5 Å². The van der Waals surface area contributed by atoms with Crippen molar-refractivity contribution in [2.24, 2.45) is 10.9 Å². The SMILES string of the molecule is C/C=C/CN1C(SCCC(C)C)=NC2C1C(=O)NC(=O)N2C. The summed E-state index contributed by atoms with van der Waals surface area (Å²) in [5, 5.41) is 3.25. The molecule has 2 aliphatic rings. The maximum atomic E-state index is 12.2. The van der Waals surface area contributed by atoms with Crippen molar-refractivity contribution in [2.45, 2.75) is 39.4 Å². The molecule has 0 aromatic heterocycles. The van der Waals surface area contributed by atoms with Crippen molar-refractivity contribution in [2.75, 3.05) is 19.3 Å². The molecule has 2 atom stereocenters. The number of aliphatic imine (C=N–C) groups is 1. The second-order valence-corrected chi connectivity index (χ2v) is 6.99. The molecule has 0 saturated carbocycles. The number of allylic oxidation sites excluding steroid dienone is 1. The summed E-state index contributed by atoms with van der Waals surface area (Å²) in [5.41, 5.74) is 0. The van der Waals surface area contributed by atoms with Crippen LogP contribution in [-0.4, -0.2) is 58.5 Å². The van der Waals surface area contributed by atoms with E-state index in [-0.39, 0.29) is 11.9 Å². The Bertz CT molecular complexity index is 504. The molecule has 6 nitrogen and oxygen atoms in total. The second kappa shape index (κ2) is 7.17. The summed E-state index contributed by atoms with van der Waals surface area (Å²) >= 11 is 1.67. The number of likely N-dealkylation sites (N-methyl/N-ethyl adjacent to an activating group) is 1. The fourth-order valence-electron chi connectivity index (χ4n) is 2.42. The largest absolute Gasteiger partial charge is 0.332 e. The molecule has 2 rings (SSSR count). The molecule has 2 heterocycles. The van der Waals surface area contributed by atoms with E-state index in [1.807, 2.05) is 24.0 Å². The predicted molar refractivity (Wildman–Crippen MR) is 89.7 cm³/mol. The third-order valence-corrected chi connectivity index (χ3v) is 4.82. The van der Waals surface area contributed by atoms with E-state index in [9.17, 15) is 9.59 Å². The van der Waals surface area contributed by atoms with Gasteiger partial charge in [-0.25, -0.2) is 9.79 Å². The zero-order valence-electron chi connectivity index (χ0n) is 13.6. The van der Waals surface area contributed by atoms with Crippen LogP contribution in [0.1, 0.15) is 27.2 Å². The lowest BCUT2D eigenvalue weighted by Crippen LogP contribution is -2.63. The molecule has 122 valence electrons. The van der Waals surface area contributed by atoms with Crippen LogP contribution in [0.3, 0.4) is 0 Å². The van der Waals surface area contributed by atoms with Gasteiger partial charge in [0.1, 0.15) is 0 Å². The number of amidine groups is 1. The van der Waals surface area contributed by atoms with Crippen LogP contribution in [0.5, 0.6) is 0 Å². The highest BCUT2D eigenvalue weighted by molar-refractivity contribution is 8.13. The number of rotatable bonds is 5. The van der Waals surface area contributed by atoms with E-state index >= 15 is 0 Å². The third kappa shape index (κ3) is 3.45. The van der Waals surface area contributed by atoms with Gasteiger partial charge in [-0.05, 0) is 19.3 Å². The number of hydrogen-bond acceptors (Lipinski definition) is 5. The number of nitrogens with one attached hydrogen (secondary N) is 1. The van der Waals surface area contributed by atoms with Crippen LogP contribution in [-0.2, 0) is 4.79 Å². The van der Waals surface area contributed by atoms with Crippen LogP contribution >= 0.6 is 11.8 Å². The van der Waals surface area contributed by atoms with Crippen LogP contribution in [0.4, 0.5) is 4.79 Å². The topological polar surface area (TPSA) is 65.0 Å². The summed E-state index contributed by atoms with van der Waals surface area (Å²) in [5.74, 6) is 1.33. The Morgan fingerprint density at radius 1 is 1.41 bits per heavy atom. The molecule has 0 bridgehead atoms. The summed E-state index contributed by atoms with van der Waals surface area (Å²) < 4.78 is 0. The fourth-order valence-corrected chi connectivity index (χ4v) is 3.73. The van der Waals surface area contributed by atoms with Gasteiger partial charge in [-0.3, -0.25) is 10.1 Å². The van der Waals surface area contributed by atoms with Crippen molar-refractivity contribution < 1.29 is 9.59 Å². The second-order valence-electron chi connectivity index (χ2n) is 5.93. The van der Waals surface area contributed by atoms with Gasteiger partial charge in [-0.1, -0.05) is 37.8 Å². The van der Waals surface area contributed by atoms with Crippen LogP contribution in [0.15, 0.2) is 17.1 Å². The first kappa shape index (κ1) is 16.9. The van der Waals surface area contributed by atoms with E-state index in [0.717, 1.165) is 17.3 Å². The minimum absolute atomic E-state index is 0.263. The fraction of sp³-hybridized carbons (Fsp3) is 0.667. The first-order chi connectivity index (χ1) is 10.5. The summed E-state index contributed by atoms with van der Waals surface area (Å²) in [6.45, 7) is 6.95. The van der Waals surface area contributed by atoms with E-state index < -0.39 is 12.2 Å². The quantitative estimate of drug-likeness (QED) is 0.784. The smallest absolute Gasteiger partial charge is 0.325 e. The number of amides is 3. The third-order valence-electron chi connectivity index (χ3n) is 3.79. The molecule has 3 amide bonds. The number of carbonyl (C=O) groups excluding carboxylic acids is 2. The minimum atomic E-state index is -0.430. The lowest BCUT2D eigenvalue weighted by Gasteiger charge is -2.35. The van der Waals surface area contributed by atoms with Gasteiger partial charge < -0.3 is 9.80 Å². The highest BCUT2D eigenvalue weighted by Gasteiger charge is 2.48. The molecule has 1 saturated heterocycles. The first-order valence-corrected chi connectivity index (χ1v) is 8.60. The Hall–Kier alpha value is -1.50. The monoisotopic (exact) mass is 324 g/mol. The summed E-state index contributed by atoms with van der Waals surface area (Å²) in [4.78, 5) is 32.1. The van der Waals surface area contributed by atoms with Crippen molar-refractivity contribution in [3.63, 3.8) is 0 Å². The van der Waals surface area contributed by atoms with Gasteiger partial charge in [0.2, 0.25) is 0 Å². The van der Waals surface area contributed by atoms with Crippen molar-refractivity contribution in [1.29, 1.82) is 0 Å². The van der Waals surface area contributed by atoms with Crippen molar-refractivity contribution in [3.8, 4) is 0 Å². The van der Waals surface area contributed by atoms with Crippen LogP contribution in [0, 0.1) is 5.92 Å². The zero-order chi connectivity index (χ0) is 16.3. The van der Waals surface area contributed by atoms with Gasteiger partial charge >= 0.3 is 6.03 Å². The van der Waals surface area contributed by atoms with Gasteiger partial charge in [-0.15, -0.1) is 0 Å². The summed E-state index contributed by atoms with van der Waals surface area (Å²) in [7, 11) is 1.68. The molecular weight excluding hydrogens is 300 g/mol. The molecule has 1 fully saturated rings. The van der Waals surface area contributed by atoms with E-state index in [1.165, 1.54) is 4.90 Å². The summed E-state index contributed by atoms with van der Waals surface area (Å²) in [6.07, 6.45) is 4.63. The van der Waals surface area contributed by atoms with Crippen molar-refractivity contribution >= 4 is 28.9 Å². The van der Waals surface area contributed by atoms with Crippen LogP contribution < -0.4 is 5.32 Å². The average molecular weight is 324 g/mol. The predicted octanol–water partition coefficient (Wildman–Crippen LogP) is 1.89. The maximum absolute atomic E-state index is 12.2. The molecule has 2 aliphatic heterocycles. The molecular formula is C15H24N4O2S. The highest BCUT2D eigenvalue weighted by Crippen LogP contribution is 2.28. The highest BCUT2D eigenvalue weighted by atomic mass is 32.2. The summed E-state index contributed by atoms with van der Waals surface area (Å²) in [6, 6.07) is -0.810. The number of thioether (sulfide) groups is 1. The number of hydrogen-bond donors (Lipinski definition) is 1. The maximum Gasteiger partial charge on any atom is 0.325 e. The molecule has 22 heavy (non-hydrogen) atoms. The van der Waals surface area contributed by atoms with E-state index in [2.05, 4.69) is 24.2 Å². The van der Waals surface area contributed by atoms with Crippen molar-refractivity contribution in [1.82, 2.24) is 15.1 Å². The Morgan fingerprint density at radius 2 is 2.14 bits per heavy atom. The minimum Gasteiger partial charge on any atom is -0.332 e. The van der Waals surface area contributed by atoms with E-state index in [1.54, 1.807) is 18.8 Å². The molecule has 2 unspecified atom stereocenters. The Morgan fingerprint density at radius 3 is 2.77 bits per heavy atom. The standard InChI is InChI=1S/C15H24N4O2S/c1-5-6-8-19-11-12(18(4)14(21)17-13(11)20)16-15(19)22-9-7-10(2)3/h5-6,10-12H,7-9H2,1-4H3,(H,17,20,21)/b6-5+. The van der Waals surface area contributed by atoms with Gasteiger partial charge in [0, 0.05) is 19.3 Å². The molecule has 1 N–H and O–H groups in total. The molecule has 7 heteroatoms. The van der Waals surface area contributed by atoms with Gasteiger partial charge in [0.25, 0.3) is 5.91 Å². The van der Waals surface area contributed by atoms with Crippen LogP contribution in [0.25, 0.3) is 0 Å². The zero-order valence-corrected chi connectivity index (χ0v) is 14.4. The molecule has 0 aromatic carbocycles. The number of urea groups is 1. The van der Waals surface area contributed by atoms with E-state index in [4.69, 9.17) is 0 Å². The van der Waals surface area contributed by atoms with Gasteiger partial charge in [0.05, 0.1) is 0 Å². The Kier molecular flexibility index (Phi) is 5.50. The number of imide groups is 1. The average Bonchev–Trinajstić information content (AvgIpc) is 2.81. The lowest BCUT2D eigenvalue weighted by molar-refractivity contribution is -0.126. The Labute approximate surface area is 136 Å². The van der Waals surface area contributed by atoms with Crippen molar-refractivity contribution in [3.05, 3.63) is 12.2 Å². The Balaban J connectivity index is 2.17. The molecule has 0 spiro atoms. The van der Waals surface area contributed by atoms with Gasteiger partial charge in [-0.2, -0.15) is 0 Å². The number of nitrogens with zero attached hydrogens (tertiary/aromatic N) is 3. The first-order valence-electron chi connectivity index (χ1n) is 7.61. The molecule has 0 radical (unpaired) electrons. The normalized spacial score (nSPS) is 25.0.